The number of phenols is 1. The molecule has 2 aromatic carbocycles. The molecule has 0 saturated heterocycles. The van der Waals surface area contributed by atoms with Gasteiger partial charge < -0.3 is 20.1 Å². The van der Waals surface area contributed by atoms with E-state index in [1.54, 1.807) is 17.4 Å². The molecule has 0 saturated carbocycles. The second kappa shape index (κ2) is 7.43. The van der Waals surface area contributed by atoms with Crippen LogP contribution >= 0.6 is 11.3 Å². The van der Waals surface area contributed by atoms with Crippen LogP contribution in [0.4, 0.5) is 0 Å². The van der Waals surface area contributed by atoms with E-state index in [-0.39, 0.29) is 11.6 Å². The minimum atomic E-state index is -0.730. The standard InChI is InChI=1S/C21H18N4O4S/c22-20(27)21-23-18(29-24-21)10-25-5-6-28-19-13(9-25)7-12(8-16(19)26)15-11-30-17-4-2-1-3-14(15)17/h1-4,7-8,11,26H,5-6,9-10H2,(H2,22,27). The molecule has 2 aromatic heterocycles. The highest BCUT2D eigenvalue weighted by atomic mass is 32.1. The quantitative estimate of drug-likeness (QED) is 0.519. The third kappa shape index (κ3) is 3.38. The minimum Gasteiger partial charge on any atom is -0.504 e. The number of nitrogens with zero attached hydrogens (tertiary/aromatic N) is 3. The fourth-order valence-corrected chi connectivity index (χ4v) is 4.63. The van der Waals surface area contributed by atoms with Gasteiger partial charge >= 0.3 is 0 Å². The number of primary amides is 1. The second-order valence-electron chi connectivity index (χ2n) is 7.06. The molecule has 9 heteroatoms. The van der Waals surface area contributed by atoms with Crippen LogP contribution in [0.15, 0.2) is 46.3 Å². The Hall–Kier alpha value is -3.43. The van der Waals surface area contributed by atoms with Crippen LogP contribution in [0.1, 0.15) is 22.1 Å². The highest BCUT2D eigenvalue weighted by Gasteiger charge is 2.22. The van der Waals surface area contributed by atoms with E-state index >= 15 is 0 Å². The zero-order valence-electron chi connectivity index (χ0n) is 15.9. The Labute approximate surface area is 175 Å². The first-order valence-electron chi connectivity index (χ1n) is 9.38. The first-order valence-corrected chi connectivity index (χ1v) is 10.3. The molecular weight excluding hydrogens is 404 g/mol. The maximum atomic E-state index is 11.2. The van der Waals surface area contributed by atoms with Gasteiger partial charge in [0.05, 0.1) is 6.54 Å². The highest BCUT2D eigenvalue weighted by molar-refractivity contribution is 7.17. The molecular formula is C21H18N4O4S. The number of phenolic OH excluding ortho intramolecular Hbond substituents is 1. The van der Waals surface area contributed by atoms with Gasteiger partial charge in [0.2, 0.25) is 5.89 Å². The van der Waals surface area contributed by atoms with Gasteiger partial charge in [-0.25, -0.2) is 0 Å². The molecule has 0 radical (unpaired) electrons. The van der Waals surface area contributed by atoms with Crippen molar-refractivity contribution < 1.29 is 19.2 Å². The fraction of sp³-hybridized carbons (Fsp3) is 0.190. The van der Waals surface area contributed by atoms with E-state index in [1.807, 2.05) is 18.2 Å². The number of fused-ring (bicyclic) bond motifs is 2. The zero-order chi connectivity index (χ0) is 20.7. The van der Waals surface area contributed by atoms with E-state index in [2.05, 4.69) is 32.6 Å². The number of hydrogen-bond acceptors (Lipinski definition) is 8. The molecule has 0 bridgehead atoms. The van der Waals surface area contributed by atoms with Crippen molar-refractivity contribution in [2.45, 2.75) is 13.1 Å². The molecule has 0 fully saturated rings. The molecule has 1 amide bonds. The highest BCUT2D eigenvalue weighted by Crippen LogP contribution is 2.41. The van der Waals surface area contributed by atoms with Gasteiger partial charge in [0.1, 0.15) is 6.61 Å². The van der Waals surface area contributed by atoms with Crippen LogP contribution < -0.4 is 10.5 Å². The molecule has 0 atom stereocenters. The molecule has 5 rings (SSSR count). The lowest BCUT2D eigenvalue weighted by atomic mass is 10.0. The summed E-state index contributed by atoms with van der Waals surface area (Å²) in [7, 11) is 0. The average Bonchev–Trinajstić information content (AvgIpc) is 3.31. The molecule has 0 spiro atoms. The summed E-state index contributed by atoms with van der Waals surface area (Å²) in [5.41, 5.74) is 8.06. The topological polar surface area (TPSA) is 115 Å². The fourth-order valence-electron chi connectivity index (χ4n) is 3.66. The second-order valence-corrected chi connectivity index (χ2v) is 7.98. The summed E-state index contributed by atoms with van der Waals surface area (Å²) in [4.78, 5) is 17.3. The summed E-state index contributed by atoms with van der Waals surface area (Å²) in [6.45, 7) is 1.86. The number of benzene rings is 2. The van der Waals surface area contributed by atoms with Crippen LogP contribution in [-0.2, 0) is 13.1 Å². The van der Waals surface area contributed by atoms with Crippen molar-refractivity contribution in [1.29, 1.82) is 0 Å². The van der Waals surface area contributed by atoms with Gasteiger partial charge in [0.15, 0.2) is 11.5 Å². The normalized spacial score (nSPS) is 14.3. The van der Waals surface area contributed by atoms with E-state index in [0.717, 1.165) is 22.1 Å². The Balaban J connectivity index is 1.47. The molecule has 3 heterocycles. The molecule has 3 N–H and O–H groups in total. The Kier molecular flexibility index (Phi) is 4.61. The molecule has 1 aliphatic heterocycles. The van der Waals surface area contributed by atoms with Gasteiger partial charge in [-0.2, -0.15) is 4.98 Å². The smallest absolute Gasteiger partial charge is 0.290 e. The predicted octanol–water partition coefficient (Wildman–Crippen LogP) is 3.15. The third-order valence-electron chi connectivity index (χ3n) is 5.03. The van der Waals surface area contributed by atoms with Crippen molar-refractivity contribution in [2.75, 3.05) is 13.2 Å². The predicted molar refractivity (Wildman–Crippen MR) is 111 cm³/mol. The number of carbonyl (C=O) groups excluding carboxylic acids is 1. The summed E-state index contributed by atoms with van der Waals surface area (Å²) >= 11 is 1.67. The average molecular weight is 422 g/mol. The Morgan fingerprint density at radius 1 is 1.30 bits per heavy atom. The van der Waals surface area contributed by atoms with E-state index in [0.29, 0.717) is 37.9 Å². The third-order valence-corrected chi connectivity index (χ3v) is 6.00. The van der Waals surface area contributed by atoms with Gasteiger partial charge in [-0.15, -0.1) is 11.3 Å². The number of ether oxygens (including phenoxy) is 1. The van der Waals surface area contributed by atoms with Crippen molar-refractivity contribution in [3.05, 3.63) is 59.1 Å². The number of nitrogens with two attached hydrogens (primary N) is 1. The lowest BCUT2D eigenvalue weighted by molar-refractivity contribution is 0.0987. The van der Waals surface area contributed by atoms with Crippen molar-refractivity contribution in [3.8, 4) is 22.6 Å². The maximum Gasteiger partial charge on any atom is 0.290 e. The van der Waals surface area contributed by atoms with E-state index < -0.39 is 5.91 Å². The number of hydrogen-bond donors (Lipinski definition) is 2. The molecule has 4 aromatic rings. The number of aromatic nitrogens is 2. The van der Waals surface area contributed by atoms with Crippen molar-refractivity contribution >= 4 is 27.3 Å². The van der Waals surface area contributed by atoms with Gasteiger partial charge in [-0.3, -0.25) is 9.69 Å². The summed E-state index contributed by atoms with van der Waals surface area (Å²) < 4.78 is 12.1. The van der Waals surface area contributed by atoms with Crippen LogP contribution in [0.2, 0.25) is 0 Å². The zero-order valence-corrected chi connectivity index (χ0v) is 16.7. The molecule has 0 aliphatic carbocycles. The monoisotopic (exact) mass is 422 g/mol. The Morgan fingerprint density at radius 3 is 3.00 bits per heavy atom. The van der Waals surface area contributed by atoms with Crippen LogP contribution in [0, 0.1) is 0 Å². The van der Waals surface area contributed by atoms with Crippen LogP contribution in [0.25, 0.3) is 21.2 Å². The number of rotatable bonds is 4. The lowest BCUT2D eigenvalue weighted by Crippen LogP contribution is -2.25. The number of aromatic hydroxyl groups is 1. The summed E-state index contributed by atoms with van der Waals surface area (Å²) in [6.07, 6.45) is 0. The van der Waals surface area contributed by atoms with Gasteiger partial charge in [-0.1, -0.05) is 23.4 Å². The van der Waals surface area contributed by atoms with E-state index in [9.17, 15) is 9.90 Å². The summed E-state index contributed by atoms with van der Waals surface area (Å²) in [5.74, 6) is 0.0434. The Morgan fingerprint density at radius 2 is 2.17 bits per heavy atom. The van der Waals surface area contributed by atoms with Gasteiger partial charge in [0.25, 0.3) is 11.7 Å². The van der Waals surface area contributed by atoms with Crippen LogP contribution in [-0.4, -0.2) is 39.2 Å². The number of carbonyl (C=O) groups is 1. The molecule has 1 aliphatic rings. The SMILES string of the molecule is NC(=O)c1noc(CN2CCOc3c(O)cc(-c4csc5ccccc45)cc3C2)n1. The summed E-state index contributed by atoms with van der Waals surface area (Å²) in [6, 6.07) is 12.0. The Bertz CT molecular complexity index is 1250. The number of thiophene rings is 1. The van der Waals surface area contributed by atoms with Gasteiger partial charge in [-0.05, 0) is 29.1 Å². The molecule has 30 heavy (non-hydrogen) atoms. The first kappa shape index (κ1) is 18.6. The lowest BCUT2D eigenvalue weighted by Gasteiger charge is -2.17. The summed E-state index contributed by atoms with van der Waals surface area (Å²) in [5, 5.41) is 17.5. The molecule has 8 nitrogen and oxygen atoms in total. The minimum absolute atomic E-state index is 0.119. The van der Waals surface area contributed by atoms with Crippen molar-refractivity contribution in [2.24, 2.45) is 5.73 Å². The molecule has 0 unspecified atom stereocenters. The van der Waals surface area contributed by atoms with Crippen LogP contribution in [0.5, 0.6) is 11.5 Å². The largest absolute Gasteiger partial charge is 0.504 e. The van der Waals surface area contributed by atoms with Crippen LogP contribution in [0.3, 0.4) is 0 Å². The van der Waals surface area contributed by atoms with Crippen molar-refractivity contribution in [3.63, 3.8) is 0 Å². The number of amides is 1. The maximum absolute atomic E-state index is 11.2. The van der Waals surface area contributed by atoms with E-state index in [4.69, 9.17) is 15.0 Å². The van der Waals surface area contributed by atoms with Crippen molar-refractivity contribution in [1.82, 2.24) is 15.0 Å². The molecule has 152 valence electrons. The van der Waals surface area contributed by atoms with E-state index in [1.165, 1.54) is 4.70 Å². The first-order chi connectivity index (χ1) is 14.6. The van der Waals surface area contributed by atoms with Gasteiger partial charge in [0, 0.05) is 34.3 Å².